The molecule has 0 bridgehead atoms. The van der Waals surface area contributed by atoms with Gasteiger partial charge in [-0.05, 0) is 25.0 Å². The second-order valence-electron chi connectivity index (χ2n) is 4.48. The highest BCUT2D eigenvalue weighted by Gasteiger charge is 2.38. The summed E-state index contributed by atoms with van der Waals surface area (Å²) in [5.74, 6) is -0.532. The number of halogens is 2. The fourth-order valence-electron chi connectivity index (χ4n) is 2.04. The number of rotatable bonds is 7. The topological polar surface area (TPSA) is 64.3 Å². The number of nitrogens with one attached hydrogen (secondary N) is 1. The van der Waals surface area contributed by atoms with Crippen LogP contribution in [0.5, 0.6) is 5.75 Å². The van der Waals surface area contributed by atoms with E-state index >= 15 is 0 Å². The van der Waals surface area contributed by atoms with Gasteiger partial charge in [-0.2, -0.15) is 8.78 Å². The van der Waals surface area contributed by atoms with Crippen LogP contribution < -0.4 is 15.8 Å². The lowest BCUT2D eigenvalue weighted by molar-refractivity contribution is -0.122. The Labute approximate surface area is 127 Å². The van der Waals surface area contributed by atoms with Crippen molar-refractivity contribution in [3.8, 4) is 5.75 Å². The fraction of sp³-hybridized carbons (Fsp3) is 0.429. The monoisotopic (exact) mass is 316 g/mol. The highest BCUT2D eigenvalue weighted by atomic mass is 32.1. The third-order valence-corrected chi connectivity index (χ3v) is 3.86. The van der Waals surface area contributed by atoms with Crippen molar-refractivity contribution in [3.63, 3.8) is 0 Å². The molecule has 7 heteroatoms. The van der Waals surface area contributed by atoms with Gasteiger partial charge >= 0.3 is 6.61 Å². The average molecular weight is 316 g/mol. The summed E-state index contributed by atoms with van der Waals surface area (Å²) in [7, 11) is 0. The number of para-hydroxylation sites is 2. The Morgan fingerprint density at radius 1 is 1.38 bits per heavy atom. The minimum atomic E-state index is -2.97. The van der Waals surface area contributed by atoms with Gasteiger partial charge in [-0.25, -0.2) is 0 Å². The SMILES string of the molecule is CCC(CC)(C(=O)Nc1ccccc1OC(F)F)C(N)=S. The standard InChI is InChI=1S/C14H18F2N2O2S/c1-3-14(4-2,11(17)21)12(19)18-9-7-5-6-8-10(9)20-13(15)16/h5-8,13H,3-4H2,1-2H3,(H2,17,21)(H,18,19). The molecular formula is C14H18F2N2O2S. The molecule has 0 aliphatic carbocycles. The van der Waals surface area contributed by atoms with E-state index < -0.39 is 17.9 Å². The first-order valence-corrected chi connectivity index (χ1v) is 6.93. The molecule has 116 valence electrons. The normalized spacial score (nSPS) is 11.3. The third kappa shape index (κ3) is 3.87. The summed E-state index contributed by atoms with van der Waals surface area (Å²) >= 11 is 4.99. The van der Waals surface area contributed by atoms with Crippen molar-refractivity contribution in [1.29, 1.82) is 0 Å². The second-order valence-corrected chi connectivity index (χ2v) is 4.92. The lowest BCUT2D eigenvalue weighted by Gasteiger charge is -2.29. The predicted octanol–water partition coefficient (Wildman–Crippen LogP) is 3.32. The van der Waals surface area contributed by atoms with Crippen molar-refractivity contribution < 1.29 is 18.3 Å². The Kier molecular flexibility index (Phi) is 6.02. The van der Waals surface area contributed by atoms with E-state index in [1.54, 1.807) is 19.9 Å². The number of carbonyl (C=O) groups excluding carboxylic acids is 1. The molecule has 0 fully saturated rings. The number of thiocarbonyl (C=S) groups is 1. The number of benzene rings is 1. The van der Waals surface area contributed by atoms with Crippen molar-refractivity contribution in [3.05, 3.63) is 24.3 Å². The van der Waals surface area contributed by atoms with Crippen LogP contribution in [0.25, 0.3) is 0 Å². The first-order valence-electron chi connectivity index (χ1n) is 6.52. The van der Waals surface area contributed by atoms with Crippen LogP contribution in [0.4, 0.5) is 14.5 Å². The molecule has 0 atom stereocenters. The van der Waals surface area contributed by atoms with E-state index in [0.717, 1.165) is 0 Å². The maximum atomic E-state index is 12.5. The lowest BCUT2D eigenvalue weighted by atomic mass is 9.81. The van der Waals surface area contributed by atoms with E-state index in [-0.39, 0.29) is 16.4 Å². The van der Waals surface area contributed by atoms with Gasteiger partial charge in [-0.15, -0.1) is 0 Å². The smallest absolute Gasteiger partial charge is 0.387 e. The van der Waals surface area contributed by atoms with Gasteiger partial charge in [0.1, 0.15) is 5.75 Å². The number of amides is 1. The molecule has 3 N–H and O–H groups in total. The Morgan fingerprint density at radius 2 is 1.95 bits per heavy atom. The summed E-state index contributed by atoms with van der Waals surface area (Å²) < 4.78 is 29.1. The Balaban J connectivity index is 3.05. The van der Waals surface area contributed by atoms with Gasteiger partial charge < -0.3 is 15.8 Å². The number of hydrogen-bond donors (Lipinski definition) is 2. The van der Waals surface area contributed by atoms with E-state index in [4.69, 9.17) is 18.0 Å². The number of anilines is 1. The van der Waals surface area contributed by atoms with Crippen LogP contribution in [-0.4, -0.2) is 17.5 Å². The average Bonchev–Trinajstić information content (AvgIpc) is 2.42. The fourth-order valence-corrected chi connectivity index (χ4v) is 2.42. The maximum Gasteiger partial charge on any atom is 0.387 e. The van der Waals surface area contributed by atoms with Gasteiger partial charge in [0.05, 0.1) is 16.1 Å². The molecule has 0 saturated heterocycles. The quantitative estimate of drug-likeness (QED) is 0.757. The van der Waals surface area contributed by atoms with Crippen molar-refractivity contribution in [2.75, 3.05) is 5.32 Å². The number of hydrogen-bond acceptors (Lipinski definition) is 3. The van der Waals surface area contributed by atoms with E-state index in [9.17, 15) is 13.6 Å². The number of nitrogens with two attached hydrogens (primary N) is 1. The van der Waals surface area contributed by atoms with Crippen molar-refractivity contribution in [2.45, 2.75) is 33.3 Å². The zero-order valence-corrected chi connectivity index (χ0v) is 12.7. The van der Waals surface area contributed by atoms with Crippen molar-refractivity contribution >= 4 is 28.8 Å². The Bertz CT molecular complexity index is 519. The summed E-state index contributed by atoms with van der Waals surface area (Å²) in [5.41, 5.74) is 4.84. The van der Waals surface area contributed by atoms with Crippen LogP contribution in [0.3, 0.4) is 0 Å². The molecule has 0 heterocycles. The zero-order chi connectivity index (χ0) is 16.0. The van der Waals surface area contributed by atoms with Gasteiger partial charge in [-0.1, -0.05) is 38.2 Å². The number of alkyl halides is 2. The molecule has 0 aliphatic rings. The Morgan fingerprint density at radius 3 is 2.43 bits per heavy atom. The Hall–Kier alpha value is -1.76. The molecule has 1 aromatic carbocycles. The van der Waals surface area contributed by atoms with Crippen LogP contribution >= 0.6 is 12.2 Å². The first-order chi connectivity index (χ1) is 9.87. The van der Waals surface area contributed by atoms with Gasteiger partial charge in [0.15, 0.2) is 0 Å². The zero-order valence-electron chi connectivity index (χ0n) is 11.9. The summed E-state index contributed by atoms with van der Waals surface area (Å²) in [6, 6.07) is 5.97. The molecule has 0 aliphatic heterocycles. The number of ether oxygens (including phenoxy) is 1. The molecule has 4 nitrogen and oxygen atoms in total. The molecule has 0 aromatic heterocycles. The van der Waals surface area contributed by atoms with E-state index in [2.05, 4.69) is 10.1 Å². The molecule has 0 radical (unpaired) electrons. The summed E-state index contributed by atoms with van der Waals surface area (Å²) in [5, 5.41) is 2.58. The molecule has 21 heavy (non-hydrogen) atoms. The molecule has 0 saturated carbocycles. The maximum absolute atomic E-state index is 12.5. The van der Waals surface area contributed by atoms with Crippen LogP contribution in [0.2, 0.25) is 0 Å². The summed E-state index contributed by atoms with van der Waals surface area (Å²) in [4.78, 5) is 12.5. The number of carbonyl (C=O) groups is 1. The van der Waals surface area contributed by atoms with Crippen LogP contribution in [-0.2, 0) is 4.79 Å². The molecule has 1 aromatic rings. The highest BCUT2D eigenvalue weighted by Crippen LogP contribution is 2.32. The first kappa shape index (κ1) is 17.3. The minimum absolute atomic E-state index is 0.0808. The summed E-state index contributed by atoms with van der Waals surface area (Å²) in [6.45, 7) is 0.619. The molecule has 0 unspecified atom stereocenters. The van der Waals surface area contributed by atoms with Crippen molar-refractivity contribution in [1.82, 2.24) is 0 Å². The van der Waals surface area contributed by atoms with Crippen molar-refractivity contribution in [2.24, 2.45) is 11.1 Å². The highest BCUT2D eigenvalue weighted by molar-refractivity contribution is 7.80. The molecule has 0 spiro atoms. The van der Waals surface area contributed by atoms with Gasteiger partial charge in [0, 0.05) is 0 Å². The van der Waals surface area contributed by atoms with E-state index in [0.29, 0.717) is 12.8 Å². The minimum Gasteiger partial charge on any atom is -0.433 e. The van der Waals surface area contributed by atoms with Gasteiger partial charge in [-0.3, -0.25) is 4.79 Å². The largest absolute Gasteiger partial charge is 0.433 e. The van der Waals surface area contributed by atoms with Crippen LogP contribution in [0, 0.1) is 5.41 Å². The van der Waals surface area contributed by atoms with Crippen LogP contribution in [0.1, 0.15) is 26.7 Å². The third-order valence-electron chi connectivity index (χ3n) is 3.46. The second kappa shape index (κ2) is 7.31. The van der Waals surface area contributed by atoms with E-state index in [1.807, 2.05) is 0 Å². The van der Waals surface area contributed by atoms with E-state index in [1.165, 1.54) is 18.2 Å². The predicted molar refractivity (Wildman–Crippen MR) is 81.5 cm³/mol. The molecule has 1 amide bonds. The molecule has 1 rings (SSSR count). The van der Waals surface area contributed by atoms with Gasteiger partial charge in [0.2, 0.25) is 5.91 Å². The summed E-state index contributed by atoms with van der Waals surface area (Å²) in [6.07, 6.45) is 0.838. The molecular weight excluding hydrogens is 298 g/mol. The van der Waals surface area contributed by atoms with Gasteiger partial charge in [0.25, 0.3) is 0 Å². The van der Waals surface area contributed by atoms with Crippen LogP contribution in [0.15, 0.2) is 24.3 Å². The lowest BCUT2D eigenvalue weighted by Crippen LogP contribution is -2.45.